The fourth-order valence-corrected chi connectivity index (χ4v) is 2.72. The van der Waals surface area contributed by atoms with Gasteiger partial charge >= 0.3 is 5.97 Å². The molecule has 0 aliphatic heterocycles. The molecule has 1 N–H and O–H groups in total. The molecule has 2 atom stereocenters. The molecule has 1 aliphatic rings. The van der Waals surface area contributed by atoms with Gasteiger partial charge in [-0.2, -0.15) is 0 Å². The van der Waals surface area contributed by atoms with Crippen LogP contribution in [-0.2, 0) is 4.79 Å². The molecule has 0 aromatic heterocycles. The van der Waals surface area contributed by atoms with Crippen molar-refractivity contribution in [1.29, 1.82) is 0 Å². The van der Waals surface area contributed by atoms with Gasteiger partial charge in [-0.1, -0.05) is 18.0 Å². The molecule has 0 bridgehead atoms. The van der Waals surface area contributed by atoms with E-state index in [1.165, 1.54) is 0 Å². The third-order valence-electron chi connectivity index (χ3n) is 3.59. The predicted octanol–water partition coefficient (Wildman–Crippen LogP) is 3.41. The number of hydrogen-bond acceptors (Lipinski definition) is 2. The Morgan fingerprint density at radius 2 is 1.89 bits per heavy atom. The molecule has 0 spiro atoms. The Bertz CT molecular complexity index is 453. The summed E-state index contributed by atoms with van der Waals surface area (Å²) in [5.74, 6) is -1.15. The summed E-state index contributed by atoms with van der Waals surface area (Å²) in [6.07, 6.45) is 2.73. The molecule has 1 aliphatic carbocycles. The molecule has 1 fully saturated rings. The molecule has 2 rings (SSSR count). The zero-order valence-corrected chi connectivity index (χ0v) is 10.7. The quantitative estimate of drug-likeness (QED) is 0.850. The smallest absolute Gasteiger partial charge is 0.306 e. The number of Topliss-reactive ketones (excluding diaryl/α,β-unsaturated/α-hetero) is 1. The molecule has 0 radical (unpaired) electrons. The van der Waals surface area contributed by atoms with Gasteiger partial charge in [-0.05, 0) is 43.0 Å². The van der Waals surface area contributed by atoms with Gasteiger partial charge in [0, 0.05) is 17.0 Å². The number of rotatable bonds is 4. The summed E-state index contributed by atoms with van der Waals surface area (Å²) >= 11 is 5.76. The Balaban J connectivity index is 2.03. The van der Waals surface area contributed by atoms with Crippen LogP contribution >= 0.6 is 11.6 Å². The molecule has 96 valence electrons. The van der Waals surface area contributed by atoms with E-state index in [0.29, 0.717) is 23.4 Å². The Labute approximate surface area is 111 Å². The molecule has 18 heavy (non-hydrogen) atoms. The average molecular weight is 267 g/mol. The first-order chi connectivity index (χ1) is 8.58. The number of carbonyl (C=O) groups excluding carboxylic acids is 1. The Morgan fingerprint density at radius 3 is 2.50 bits per heavy atom. The highest BCUT2D eigenvalue weighted by molar-refractivity contribution is 6.30. The van der Waals surface area contributed by atoms with E-state index >= 15 is 0 Å². The maximum Gasteiger partial charge on any atom is 0.306 e. The number of carboxylic acids is 1. The fourth-order valence-electron chi connectivity index (χ4n) is 2.60. The SMILES string of the molecule is O=C(C[C@H]1CCC[C@@H]1C(=O)O)c1ccc(Cl)cc1. The monoisotopic (exact) mass is 266 g/mol. The molecular weight excluding hydrogens is 252 g/mol. The highest BCUT2D eigenvalue weighted by atomic mass is 35.5. The average Bonchev–Trinajstić information content (AvgIpc) is 2.78. The summed E-state index contributed by atoms with van der Waals surface area (Å²) < 4.78 is 0. The minimum atomic E-state index is -0.776. The van der Waals surface area contributed by atoms with Crippen molar-refractivity contribution in [3.8, 4) is 0 Å². The molecule has 0 unspecified atom stereocenters. The molecule has 0 heterocycles. The van der Waals surface area contributed by atoms with Crippen molar-refractivity contribution < 1.29 is 14.7 Å². The largest absolute Gasteiger partial charge is 0.481 e. The number of carbonyl (C=O) groups is 2. The number of halogens is 1. The lowest BCUT2D eigenvalue weighted by molar-refractivity contribution is -0.142. The third-order valence-corrected chi connectivity index (χ3v) is 3.84. The van der Waals surface area contributed by atoms with E-state index in [2.05, 4.69) is 0 Å². The zero-order chi connectivity index (χ0) is 13.1. The molecule has 4 heteroatoms. The van der Waals surface area contributed by atoms with Crippen molar-refractivity contribution in [2.75, 3.05) is 0 Å². The molecule has 0 amide bonds. The van der Waals surface area contributed by atoms with Gasteiger partial charge in [-0.15, -0.1) is 0 Å². The summed E-state index contributed by atoms with van der Waals surface area (Å²) in [7, 11) is 0. The van der Waals surface area contributed by atoms with Crippen LogP contribution in [0.25, 0.3) is 0 Å². The zero-order valence-electron chi connectivity index (χ0n) is 9.93. The van der Waals surface area contributed by atoms with Crippen LogP contribution in [0.1, 0.15) is 36.0 Å². The molecule has 1 aromatic rings. The fraction of sp³-hybridized carbons (Fsp3) is 0.429. The lowest BCUT2D eigenvalue weighted by atomic mass is 9.89. The van der Waals surface area contributed by atoms with Gasteiger partial charge in [0.15, 0.2) is 5.78 Å². The van der Waals surface area contributed by atoms with Gasteiger partial charge in [0.25, 0.3) is 0 Å². The number of ketones is 1. The molecule has 0 saturated heterocycles. The lowest BCUT2D eigenvalue weighted by Gasteiger charge is -2.14. The molecule has 1 aromatic carbocycles. The van der Waals surface area contributed by atoms with Crippen LogP contribution in [0.15, 0.2) is 24.3 Å². The van der Waals surface area contributed by atoms with E-state index in [-0.39, 0.29) is 17.6 Å². The van der Waals surface area contributed by atoms with E-state index in [4.69, 9.17) is 16.7 Å². The van der Waals surface area contributed by atoms with E-state index in [0.717, 1.165) is 12.8 Å². The van der Waals surface area contributed by atoms with Crippen LogP contribution in [-0.4, -0.2) is 16.9 Å². The van der Waals surface area contributed by atoms with Crippen molar-refractivity contribution in [3.63, 3.8) is 0 Å². The van der Waals surface area contributed by atoms with Gasteiger partial charge in [0.05, 0.1) is 5.92 Å². The second kappa shape index (κ2) is 5.53. The molecule has 3 nitrogen and oxygen atoms in total. The van der Waals surface area contributed by atoms with E-state index < -0.39 is 5.97 Å². The van der Waals surface area contributed by atoms with Gasteiger partial charge in [0.2, 0.25) is 0 Å². The summed E-state index contributed by atoms with van der Waals surface area (Å²) in [5.41, 5.74) is 0.607. The predicted molar refractivity (Wildman–Crippen MR) is 68.9 cm³/mol. The highest BCUT2D eigenvalue weighted by Gasteiger charge is 2.34. The van der Waals surface area contributed by atoms with Crippen molar-refractivity contribution in [2.24, 2.45) is 11.8 Å². The minimum absolute atomic E-state index is 0.00446. The van der Waals surface area contributed by atoms with Crippen LogP contribution in [0.4, 0.5) is 0 Å². The first kappa shape index (κ1) is 13.1. The van der Waals surface area contributed by atoms with Gasteiger partial charge in [-0.25, -0.2) is 0 Å². The van der Waals surface area contributed by atoms with Crippen LogP contribution in [0.3, 0.4) is 0 Å². The number of hydrogen-bond donors (Lipinski definition) is 1. The third kappa shape index (κ3) is 2.91. The Hall–Kier alpha value is -1.35. The topological polar surface area (TPSA) is 54.4 Å². The highest BCUT2D eigenvalue weighted by Crippen LogP contribution is 2.35. The van der Waals surface area contributed by atoms with Crippen molar-refractivity contribution in [3.05, 3.63) is 34.9 Å². The maximum absolute atomic E-state index is 12.0. The minimum Gasteiger partial charge on any atom is -0.481 e. The first-order valence-electron chi connectivity index (χ1n) is 6.09. The van der Waals surface area contributed by atoms with Crippen molar-refractivity contribution >= 4 is 23.4 Å². The Kier molecular flexibility index (Phi) is 4.02. The van der Waals surface area contributed by atoms with Gasteiger partial charge < -0.3 is 5.11 Å². The molecule has 1 saturated carbocycles. The number of aliphatic carboxylic acids is 1. The normalized spacial score (nSPS) is 22.9. The van der Waals surface area contributed by atoms with Crippen molar-refractivity contribution in [1.82, 2.24) is 0 Å². The summed E-state index contributed by atoms with van der Waals surface area (Å²) in [4.78, 5) is 23.1. The standard InChI is InChI=1S/C14H15ClO3/c15-11-6-4-9(5-7-11)13(16)8-10-2-1-3-12(10)14(17)18/h4-7,10,12H,1-3,8H2,(H,17,18)/t10-,12+/m1/s1. The van der Waals surface area contributed by atoms with Gasteiger partial charge in [-0.3, -0.25) is 9.59 Å². The summed E-state index contributed by atoms with van der Waals surface area (Å²) in [5, 5.41) is 9.67. The van der Waals surface area contributed by atoms with Crippen molar-refractivity contribution in [2.45, 2.75) is 25.7 Å². The van der Waals surface area contributed by atoms with E-state index in [1.54, 1.807) is 24.3 Å². The van der Waals surface area contributed by atoms with E-state index in [1.807, 2.05) is 0 Å². The van der Waals surface area contributed by atoms with Crippen LogP contribution in [0, 0.1) is 11.8 Å². The lowest BCUT2D eigenvalue weighted by Crippen LogP contribution is -2.20. The van der Waals surface area contributed by atoms with Crippen LogP contribution in [0.5, 0.6) is 0 Å². The number of benzene rings is 1. The summed E-state index contributed by atoms with van der Waals surface area (Å²) in [6, 6.07) is 6.74. The second-order valence-corrected chi connectivity index (χ2v) is 5.21. The molecular formula is C14H15ClO3. The number of carboxylic acid groups (broad SMARTS) is 1. The van der Waals surface area contributed by atoms with E-state index in [9.17, 15) is 9.59 Å². The van der Waals surface area contributed by atoms with Crippen LogP contribution in [0.2, 0.25) is 5.02 Å². The van der Waals surface area contributed by atoms with Crippen LogP contribution < -0.4 is 0 Å². The van der Waals surface area contributed by atoms with Gasteiger partial charge in [0.1, 0.15) is 0 Å². The maximum atomic E-state index is 12.0. The first-order valence-corrected chi connectivity index (χ1v) is 6.47. The second-order valence-electron chi connectivity index (χ2n) is 4.77. The Morgan fingerprint density at radius 1 is 1.22 bits per heavy atom. The summed E-state index contributed by atoms with van der Waals surface area (Å²) in [6.45, 7) is 0.